The van der Waals surface area contributed by atoms with Crippen molar-refractivity contribution in [2.75, 3.05) is 6.61 Å². The third kappa shape index (κ3) is 6.61. The van der Waals surface area contributed by atoms with Crippen LogP contribution in [0, 0.1) is 0 Å². The van der Waals surface area contributed by atoms with E-state index in [-0.39, 0.29) is 6.61 Å². The quantitative estimate of drug-likeness (QED) is 0.307. The Labute approximate surface area is 179 Å². The Morgan fingerprint density at radius 3 is 2.33 bits per heavy atom. The van der Waals surface area contributed by atoms with Crippen molar-refractivity contribution in [2.24, 2.45) is 0 Å². The molecule has 0 N–H and O–H groups in total. The van der Waals surface area contributed by atoms with Crippen LogP contribution in [0.15, 0.2) is 36.7 Å². The van der Waals surface area contributed by atoms with Crippen molar-refractivity contribution in [3.63, 3.8) is 0 Å². The molecule has 1 fully saturated rings. The lowest BCUT2D eigenvalue weighted by Crippen LogP contribution is -2.30. The van der Waals surface area contributed by atoms with E-state index in [0.29, 0.717) is 5.75 Å². The molecule has 0 radical (unpaired) electrons. The smallest absolute Gasteiger partial charge is 0.343 e. The average molecular weight is 413 g/mol. The lowest BCUT2D eigenvalue weighted by Gasteiger charge is -2.16. The highest BCUT2D eigenvalue weighted by Gasteiger charge is 2.38. The van der Waals surface area contributed by atoms with Crippen LogP contribution in [0.2, 0.25) is 0 Å². The minimum Gasteiger partial charge on any atom is -0.425 e. The second-order valence-electron chi connectivity index (χ2n) is 8.17. The first-order valence-corrected chi connectivity index (χ1v) is 10.9. The Bertz CT molecular complexity index is 803. The number of carbonyl (C=O) groups excluding carboxylic acids is 1. The molecule has 1 aliphatic heterocycles. The minimum absolute atomic E-state index is 0.201. The number of nitrogens with zero attached hydrogens (tertiary/aromatic N) is 2. The van der Waals surface area contributed by atoms with Gasteiger partial charge in [0.25, 0.3) is 0 Å². The van der Waals surface area contributed by atoms with Gasteiger partial charge in [0, 0.05) is 24.4 Å². The molecule has 0 spiro atoms. The summed E-state index contributed by atoms with van der Waals surface area (Å²) >= 11 is 0. The average Bonchev–Trinajstić information content (AvgIpc) is 3.11. The van der Waals surface area contributed by atoms with E-state index in [0.717, 1.165) is 29.8 Å². The molecule has 0 amide bonds. The maximum absolute atomic E-state index is 12.2. The second-order valence-corrected chi connectivity index (χ2v) is 8.17. The van der Waals surface area contributed by atoms with Gasteiger partial charge in [-0.1, -0.05) is 51.2 Å². The largest absolute Gasteiger partial charge is 0.425 e. The van der Waals surface area contributed by atoms with Crippen LogP contribution in [-0.2, 0) is 20.7 Å². The Hall–Kier alpha value is -2.31. The minimum atomic E-state index is -0.755. The molecular weight excluding hydrogens is 380 g/mol. The fraction of sp³-hybridized carbons (Fsp3) is 0.542. The Kier molecular flexibility index (Phi) is 7.94. The number of unbranched alkanes of at least 4 members (excludes halogenated alkanes) is 5. The Balaban J connectivity index is 1.48. The van der Waals surface area contributed by atoms with E-state index in [1.165, 1.54) is 32.1 Å². The number of esters is 1. The van der Waals surface area contributed by atoms with Crippen molar-refractivity contribution in [3.05, 3.63) is 42.5 Å². The van der Waals surface area contributed by atoms with Gasteiger partial charge in [-0.25, -0.2) is 14.8 Å². The molecular formula is C24H32N2O4. The molecule has 2 aromatic rings. The van der Waals surface area contributed by atoms with Crippen LogP contribution in [0.25, 0.3) is 11.1 Å². The third-order valence-electron chi connectivity index (χ3n) is 5.14. The van der Waals surface area contributed by atoms with Crippen molar-refractivity contribution in [3.8, 4) is 16.9 Å². The van der Waals surface area contributed by atoms with Gasteiger partial charge in [-0.3, -0.25) is 0 Å². The summed E-state index contributed by atoms with van der Waals surface area (Å²) in [5.74, 6) is 0.157. The van der Waals surface area contributed by atoms with E-state index in [4.69, 9.17) is 14.2 Å². The van der Waals surface area contributed by atoms with Crippen LogP contribution in [-0.4, -0.2) is 34.4 Å². The third-order valence-corrected chi connectivity index (χ3v) is 5.14. The maximum Gasteiger partial charge on any atom is 0.343 e. The first-order valence-electron chi connectivity index (χ1n) is 10.9. The summed E-state index contributed by atoms with van der Waals surface area (Å²) in [5, 5.41) is 0. The molecule has 1 aliphatic rings. The second kappa shape index (κ2) is 10.6. The summed E-state index contributed by atoms with van der Waals surface area (Å²) in [7, 11) is 0. The number of carbonyl (C=O) groups is 1. The van der Waals surface area contributed by atoms with Crippen LogP contribution in [0.3, 0.4) is 0 Å². The van der Waals surface area contributed by atoms with Crippen LogP contribution in [0.5, 0.6) is 5.75 Å². The van der Waals surface area contributed by atoms with Crippen molar-refractivity contribution in [2.45, 2.75) is 77.6 Å². The van der Waals surface area contributed by atoms with Gasteiger partial charge in [0.05, 0.1) is 6.61 Å². The van der Waals surface area contributed by atoms with Gasteiger partial charge in [0.1, 0.15) is 11.6 Å². The standard InChI is InChI=1S/C24H32N2O4/c1-4-5-6-7-8-9-10-22-25-15-19(16-26-22)18-11-13-20(14-12-18)29-23(27)21-17-28-24(2,3)30-21/h11-16,21H,4-10,17H2,1-3H3/t21-/m1/s1. The molecule has 1 atom stereocenters. The number of aromatic nitrogens is 2. The molecule has 0 aliphatic carbocycles. The normalized spacial score (nSPS) is 17.8. The monoisotopic (exact) mass is 412 g/mol. The first-order chi connectivity index (χ1) is 14.5. The van der Waals surface area contributed by atoms with Crippen molar-refractivity contribution in [1.82, 2.24) is 9.97 Å². The molecule has 0 bridgehead atoms. The molecule has 1 saturated heterocycles. The van der Waals surface area contributed by atoms with Crippen molar-refractivity contribution in [1.29, 1.82) is 0 Å². The fourth-order valence-electron chi connectivity index (χ4n) is 3.40. The van der Waals surface area contributed by atoms with Crippen LogP contribution >= 0.6 is 0 Å². The maximum atomic E-state index is 12.2. The lowest BCUT2D eigenvalue weighted by atomic mass is 10.1. The highest BCUT2D eigenvalue weighted by Crippen LogP contribution is 2.25. The molecule has 162 valence electrons. The summed E-state index contributed by atoms with van der Waals surface area (Å²) < 4.78 is 16.3. The number of rotatable bonds is 10. The molecule has 3 rings (SSSR count). The first kappa shape index (κ1) is 22.4. The van der Waals surface area contributed by atoms with E-state index in [2.05, 4.69) is 16.9 Å². The van der Waals surface area contributed by atoms with Gasteiger partial charge in [0.15, 0.2) is 11.9 Å². The molecule has 30 heavy (non-hydrogen) atoms. The molecule has 2 heterocycles. The van der Waals surface area contributed by atoms with Crippen LogP contribution in [0.4, 0.5) is 0 Å². The van der Waals surface area contributed by atoms with Gasteiger partial charge in [-0.2, -0.15) is 0 Å². The fourth-order valence-corrected chi connectivity index (χ4v) is 3.40. The Morgan fingerprint density at radius 1 is 1.03 bits per heavy atom. The summed E-state index contributed by atoms with van der Waals surface area (Å²) in [6.07, 6.45) is 11.5. The summed E-state index contributed by atoms with van der Waals surface area (Å²) in [5.41, 5.74) is 1.91. The highest BCUT2D eigenvalue weighted by molar-refractivity contribution is 5.78. The van der Waals surface area contributed by atoms with Crippen LogP contribution in [0.1, 0.15) is 65.1 Å². The molecule has 0 unspecified atom stereocenters. The van der Waals surface area contributed by atoms with E-state index >= 15 is 0 Å². The van der Waals surface area contributed by atoms with Crippen molar-refractivity contribution >= 4 is 5.97 Å². The van der Waals surface area contributed by atoms with Gasteiger partial charge in [0.2, 0.25) is 0 Å². The number of hydrogen-bond acceptors (Lipinski definition) is 6. The number of benzene rings is 1. The van der Waals surface area contributed by atoms with Gasteiger partial charge >= 0.3 is 5.97 Å². The zero-order valence-electron chi connectivity index (χ0n) is 18.2. The summed E-state index contributed by atoms with van der Waals surface area (Å²) in [4.78, 5) is 21.2. The molecule has 1 aromatic carbocycles. The summed E-state index contributed by atoms with van der Waals surface area (Å²) in [6, 6.07) is 7.31. The molecule has 0 saturated carbocycles. The Morgan fingerprint density at radius 2 is 1.70 bits per heavy atom. The van der Waals surface area contributed by atoms with Crippen LogP contribution < -0.4 is 4.74 Å². The number of hydrogen-bond donors (Lipinski definition) is 0. The van der Waals surface area contributed by atoms with Gasteiger partial charge < -0.3 is 14.2 Å². The molecule has 6 heteroatoms. The van der Waals surface area contributed by atoms with Gasteiger partial charge in [-0.05, 0) is 38.0 Å². The number of aryl methyl sites for hydroxylation is 1. The van der Waals surface area contributed by atoms with Gasteiger partial charge in [-0.15, -0.1) is 0 Å². The van der Waals surface area contributed by atoms with E-state index in [1.54, 1.807) is 26.0 Å². The predicted octanol–water partition coefficient (Wildman–Crippen LogP) is 5.10. The highest BCUT2D eigenvalue weighted by atomic mass is 16.8. The SMILES string of the molecule is CCCCCCCCc1ncc(-c2ccc(OC(=O)[C@H]3COC(C)(C)O3)cc2)cn1. The zero-order valence-corrected chi connectivity index (χ0v) is 18.2. The molecule has 1 aromatic heterocycles. The summed E-state index contributed by atoms with van der Waals surface area (Å²) in [6.45, 7) is 5.98. The van der Waals surface area contributed by atoms with E-state index < -0.39 is 17.9 Å². The van der Waals surface area contributed by atoms with Crippen molar-refractivity contribution < 1.29 is 19.0 Å². The van der Waals surface area contributed by atoms with E-state index in [9.17, 15) is 4.79 Å². The zero-order chi connectivity index (χ0) is 21.4. The predicted molar refractivity (Wildman–Crippen MR) is 115 cm³/mol. The topological polar surface area (TPSA) is 70.5 Å². The lowest BCUT2D eigenvalue weighted by molar-refractivity contribution is -0.162. The number of ether oxygens (including phenoxy) is 3. The van der Waals surface area contributed by atoms with E-state index in [1.807, 2.05) is 24.5 Å². The molecule has 6 nitrogen and oxygen atoms in total.